The summed E-state index contributed by atoms with van der Waals surface area (Å²) < 4.78 is 0. The first kappa shape index (κ1) is 27.6. The first-order chi connectivity index (χ1) is 16.7. The number of hydrogen-bond acceptors (Lipinski definition) is 2. The standard InChI is InChI=1S/C32H39NO.Mo/c1-25(26-16-11-8-12-17-26)32-22-21-30(34)29(32)24-28(31(32)27-18-13-9-14-19-27)20-10-6-4-2-3-5-7-15-23-33;/h8-9,11-14,16-19,29-30,34H,1-7,10,15,20-22,24H2;. The second-order valence-corrected chi connectivity index (χ2v) is 10.2. The van der Waals surface area contributed by atoms with Gasteiger partial charge in [0.25, 0.3) is 0 Å². The third-order valence-electron chi connectivity index (χ3n) is 8.19. The average Bonchev–Trinajstić information content (AvgIpc) is 3.38. The summed E-state index contributed by atoms with van der Waals surface area (Å²) >= 11 is 0. The van der Waals surface area contributed by atoms with Gasteiger partial charge in [-0.25, -0.2) is 0 Å². The van der Waals surface area contributed by atoms with Gasteiger partial charge >= 0.3 is 0 Å². The molecule has 0 amide bonds. The van der Waals surface area contributed by atoms with Crippen molar-refractivity contribution in [3.05, 3.63) is 83.9 Å². The fourth-order valence-corrected chi connectivity index (χ4v) is 6.54. The Morgan fingerprint density at radius 2 is 1.51 bits per heavy atom. The maximum Gasteiger partial charge on any atom is 0.0621 e. The Kier molecular flexibility index (Phi) is 10.6. The zero-order valence-corrected chi connectivity index (χ0v) is 22.9. The number of unbranched alkanes of at least 4 members (excludes halogenated alkanes) is 7. The van der Waals surface area contributed by atoms with Crippen LogP contribution < -0.4 is 0 Å². The second kappa shape index (κ2) is 13.4. The van der Waals surface area contributed by atoms with Gasteiger partial charge in [0.15, 0.2) is 0 Å². The Hall–Kier alpha value is -1.94. The van der Waals surface area contributed by atoms with Crippen LogP contribution in [0.1, 0.15) is 88.2 Å². The summed E-state index contributed by atoms with van der Waals surface area (Å²) in [5, 5.41) is 19.7. The molecule has 1 fully saturated rings. The van der Waals surface area contributed by atoms with Gasteiger partial charge in [-0.3, -0.25) is 0 Å². The third-order valence-corrected chi connectivity index (χ3v) is 8.19. The van der Waals surface area contributed by atoms with Crippen molar-refractivity contribution in [1.82, 2.24) is 0 Å². The van der Waals surface area contributed by atoms with Gasteiger partial charge in [-0.2, -0.15) is 5.26 Å². The van der Waals surface area contributed by atoms with Crippen molar-refractivity contribution in [2.75, 3.05) is 0 Å². The molecule has 0 bridgehead atoms. The predicted octanol–water partition coefficient (Wildman–Crippen LogP) is 8.35. The van der Waals surface area contributed by atoms with E-state index >= 15 is 0 Å². The largest absolute Gasteiger partial charge is 0.393 e. The molecule has 1 saturated carbocycles. The Morgan fingerprint density at radius 1 is 0.914 bits per heavy atom. The van der Waals surface area contributed by atoms with Crippen LogP contribution in [-0.2, 0) is 21.1 Å². The minimum atomic E-state index is -0.259. The van der Waals surface area contributed by atoms with Gasteiger partial charge in [-0.05, 0) is 60.8 Å². The number of rotatable bonds is 12. The first-order valence-corrected chi connectivity index (χ1v) is 13.3. The smallest absolute Gasteiger partial charge is 0.0621 e. The number of nitrogens with zero attached hydrogens (tertiary/aromatic N) is 1. The van der Waals surface area contributed by atoms with Crippen LogP contribution in [0.3, 0.4) is 0 Å². The van der Waals surface area contributed by atoms with E-state index < -0.39 is 0 Å². The monoisotopic (exact) mass is 551 g/mol. The molecule has 35 heavy (non-hydrogen) atoms. The normalized spacial score (nSPS) is 23.0. The molecule has 0 spiro atoms. The molecule has 2 aliphatic carbocycles. The van der Waals surface area contributed by atoms with E-state index in [1.807, 2.05) is 0 Å². The number of hydrogen-bond donors (Lipinski definition) is 1. The maximum atomic E-state index is 11.1. The van der Waals surface area contributed by atoms with E-state index in [9.17, 15) is 5.11 Å². The summed E-state index contributed by atoms with van der Waals surface area (Å²) in [4.78, 5) is 0. The number of fused-ring (bicyclic) bond motifs is 1. The molecular weight excluding hydrogens is 510 g/mol. The zero-order valence-electron chi connectivity index (χ0n) is 20.9. The summed E-state index contributed by atoms with van der Waals surface area (Å²) in [6.45, 7) is 4.67. The number of aliphatic hydroxyl groups excluding tert-OH is 1. The van der Waals surface area contributed by atoms with E-state index in [1.54, 1.807) is 5.57 Å². The minimum Gasteiger partial charge on any atom is -0.393 e. The molecule has 1 N–H and O–H groups in total. The molecule has 0 aliphatic heterocycles. The van der Waals surface area contributed by atoms with Crippen molar-refractivity contribution in [1.29, 1.82) is 5.26 Å². The summed E-state index contributed by atoms with van der Waals surface area (Å²) in [5.41, 5.74) is 6.52. The fourth-order valence-electron chi connectivity index (χ4n) is 6.54. The number of benzene rings is 2. The van der Waals surface area contributed by atoms with E-state index in [0.29, 0.717) is 6.42 Å². The third kappa shape index (κ3) is 6.07. The zero-order chi connectivity index (χ0) is 23.8. The Labute approximate surface area is 226 Å². The van der Waals surface area contributed by atoms with Crippen LogP contribution >= 0.6 is 0 Å². The SMILES string of the molecule is C=C(c1ccccc1)C12CCC(O)C1CC(CCCCCCCCCC#N)=C2c1ccccc1.[Mo]. The molecular formula is C32H39MoNO. The quantitative estimate of drug-likeness (QED) is 0.214. The molecule has 2 nitrogen and oxygen atoms in total. The van der Waals surface area contributed by atoms with Crippen LogP contribution in [0.5, 0.6) is 0 Å². The molecule has 2 aromatic rings. The van der Waals surface area contributed by atoms with E-state index in [0.717, 1.165) is 32.1 Å². The molecule has 184 valence electrons. The number of allylic oxidation sites excluding steroid dienone is 3. The molecule has 0 radical (unpaired) electrons. The van der Waals surface area contributed by atoms with Crippen molar-refractivity contribution in [2.24, 2.45) is 11.3 Å². The molecule has 3 atom stereocenters. The van der Waals surface area contributed by atoms with Gasteiger partial charge in [0.05, 0.1) is 12.2 Å². The topological polar surface area (TPSA) is 44.0 Å². The molecule has 3 unspecified atom stereocenters. The molecule has 2 aromatic carbocycles. The van der Waals surface area contributed by atoms with Gasteiger partial charge in [-0.15, -0.1) is 0 Å². The first-order valence-electron chi connectivity index (χ1n) is 13.3. The Bertz CT molecular complexity index is 1020. The molecule has 0 heterocycles. The van der Waals surface area contributed by atoms with Crippen LogP contribution in [0.2, 0.25) is 0 Å². The van der Waals surface area contributed by atoms with E-state index in [4.69, 9.17) is 5.26 Å². The van der Waals surface area contributed by atoms with Gasteiger partial charge in [-0.1, -0.05) is 105 Å². The Balaban J connectivity index is 0.00000342. The van der Waals surface area contributed by atoms with Gasteiger partial charge < -0.3 is 5.11 Å². The summed E-state index contributed by atoms with van der Waals surface area (Å²) in [5.74, 6) is 0.227. The van der Waals surface area contributed by atoms with E-state index in [1.165, 1.54) is 60.8 Å². The fraction of sp³-hybridized carbons (Fsp3) is 0.469. The van der Waals surface area contributed by atoms with Gasteiger partial charge in [0, 0.05) is 38.8 Å². The van der Waals surface area contributed by atoms with Crippen LogP contribution in [-0.4, -0.2) is 11.2 Å². The van der Waals surface area contributed by atoms with Crippen LogP contribution in [0.4, 0.5) is 0 Å². The summed E-state index contributed by atoms with van der Waals surface area (Å²) in [6, 6.07) is 23.7. The second-order valence-electron chi connectivity index (χ2n) is 10.2. The molecule has 4 rings (SSSR count). The summed E-state index contributed by atoms with van der Waals surface area (Å²) in [7, 11) is 0. The van der Waals surface area contributed by atoms with Crippen molar-refractivity contribution in [3.8, 4) is 6.07 Å². The van der Waals surface area contributed by atoms with Crippen molar-refractivity contribution >= 4 is 11.1 Å². The Morgan fingerprint density at radius 3 is 2.17 bits per heavy atom. The van der Waals surface area contributed by atoms with Crippen LogP contribution in [0.25, 0.3) is 11.1 Å². The van der Waals surface area contributed by atoms with Crippen molar-refractivity contribution < 1.29 is 26.2 Å². The van der Waals surface area contributed by atoms with E-state index in [2.05, 4.69) is 73.3 Å². The van der Waals surface area contributed by atoms with Crippen molar-refractivity contribution in [2.45, 2.75) is 83.2 Å². The molecule has 3 heteroatoms. The van der Waals surface area contributed by atoms with Gasteiger partial charge in [0.1, 0.15) is 0 Å². The minimum absolute atomic E-state index is 0. The molecule has 0 aromatic heterocycles. The number of aliphatic hydroxyl groups is 1. The van der Waals surface area contributed by atoms with Crippen molar-refractivity contribution in [3.63, 3.8) is 0 Å². The predicted molar refractivity (Wildman–Crippen MR) is 142 cm³/mol. The van der Waals surface area contributed by atoms with Crippen LogP contribution in [0, 0.1) is 22.7 Å². The van der Waals surface area contributed by atoms with Crippen LogP contribution in [0.15, 0.2) is 72.8 Å². The van der Waals surface area contributed by atoms with E-state index in [-0.39, 0.29) is 38.5 Å². The maximum absolute atomic E-state index is 11.1. The average molecular weight is 550 g/mol. The summed E-state index contributed by atoms with van der Waals surface area (Å²) in [6.07, 6.45) is 12.8. The molecule has 0 saturated heterocycles. The number of nitriles is 1. The molecule has 2 aliphatic rings. The van der Waals surface area contributed by atoms with Gasteiger partial charge in [0.2, 0.25) is 0 Å².